The molecule has 1 heterocycles. The smallest absolute Gasteiger partial charge is 0.0270 e. The quantitative estimate of drug-likeness (QED) is 0.620. The molecule has 2 aromatic rings. The Morgan fingerprint density at radius 3 is 2.27 bits per heavy atom. The van der Waals surface area contributed by atoms with Crippen molar-refractivity contribution in [1.82, 2.24) is 4.98 Å². The van der Waals surface area contributed by atoms with Crippen LogP contribution in [0.4, 0.5) is 0 Å². The largest absolute Gasteiger partial charge is 0.265 e. The van der Waals surface area contributed by atoms with Crippen LogP contribution in [0, 0.1) is 0 Å². The molecule has 0 saturated heterocycles. The Hall–Kier alpha value is -2.15. The first-order valence-electron chi connectivity index (χ1n) is 8.13. The minimum absolute atomic E-state index is 0.980. The zero-order valence-corrected chi connectivity index (χ0v) is 14.0. The van der Waals surface area contributed by atoms with Crippen molar-refractivity contribution >= 4 is 11.6 Å². The van der Waals surface area contributed by atoms with Gasteiger partial charge in [0.15, 0.2) is 0 Å². The molecule has 0 spiro atoms. The fourth-order valence-corrected chi connectivity index (χ4v) is 2.07. The van der Waals surface area contributed by atoms with E-state index in [1.54, 1.807) is 0 Å². The number of nitrogens with zero attached hydrogens (tertiary/aromatic N) is 1. The first kappa shape index (κ1) is 17.9. The summed E-state index contributed by atoms with van der Waals surface area (Å²) in [5, 5.41) is 0. The Balaban J connectivity index is 0.00000116. The van der Waals surface area contributed by atoms with Gasteiger partial charge in [-0.05, 0) is 53.7 Å². The Labute approximate surface area is 135 Å². The molecule has 0 bridgehead atoms. The Morgan fingerprint density at radius 2 is 1.68 bits per heavy atom. The zero-order valence-electron chi connectivity index (χ0n) is 14.0. The molecule has 0 radical (unpaired) electrons. The molecular weight excluding hydrogens is 266 g/mol. The second-order valence-corrected chi connectivity index (χ2v) is 4.89. The van der Waals surface area contributed by atoms with Gasteiger partial charge in [-0.3, -0.25) is 4.98 Å². The van der Waals surface area contributed by atoms with Crippen LogP contribution in [0.1, 0.15) is 50.3 Å². The minimum Gasteiger partial charge on any atom is -0.265 e. The SMILES string of the molecule is C=C(CCc1ccncc1)c1ccc(/C=C/CC)cc1.CC. The number of allylic oxidation sites excluding steroid dienone is 2. The molecule has 1 aromatic carbocycles. The van der Waals surface area contributed by atoms with Gasteiger partial charge in [-0.1, -0.05) is 63.8 Å². The highest BCUT2D eigenvalue weighted by molar-refractivity contribution is 5.65. The van der Waals surface area contributed by atoms with Crippen molar-refractivity contribution in [2.75, 3.05) is 0 Å². The molecule has 22 heavy (non-hydrogen) atoms. The second-order valence-electron chi connectivity index (χ2n) is 4.89. The topological polar surface area (TPSA) is 12.9 Å². The number of benzene rings is 1. The molecule has 1 heteroatoms. The van der Waals surface area contributed by atoms with E-state index in [9.17, 15) is 0 Å². The van der Waals surface area contributed by atoms with Gasteiger partial charge in [-0.25, -0.2) is 0 Å². The van der Waals surface area contributed by atoms with Gasteiger partial charge < -0.3 is 0 Å². The molecule has 1 nitrogen and oxygen atoms in total. The highest BCUT2D eigenvalue weighted by atomic mass is 14.6. The fraction of sp³-hybridized carbons (Fsp3) is 0.286. The van der Waals surface area contributed by atoms with E-state index in [-0.39, 0.29) is 0 Å². The van der Waals surface area contributed by atoms with Crippen molar-refractivity contribution in [2.45, 2.75) is 40.0 Å². The van der Waals surface area contributed by atoms with Crippen LogP contribution in [-0.4, -0.2) is 4.98 Å². The summed E-state index contributed by atoms with van der Waals surface area (Å²) in [5.41, 5.74) is 4.97. The van der Waals surface area contributed by atoms with E-state index in [2.05, 4.69) is 67.0 Å². The maximum Gasteiger partial charge on any atom is 0.0270 e. The Morgan fingerprint density at radius 1 is 1.05 bits per heavy atom. The number of hydrogen-bond acceptors (Lipinski definition) is 1. The molecule has 0 atom stereocenters. The lowest BCUT2D eigenvalue weighted by molar-refractivity contribution is 1.01. The summed E-state index contributed by atoms with van der Waals surface area (Å²) >= 11 is 0. The Bertz CT molecular complexity index is 565. The van der Waals surface area contributed by atoms with Crippen molar-refractivity contribution in [3.8, 4) is 0 Å². The highest BCUT2D eigenvalue weighted by Gasteiger charge is 2.00. The zero-order chi connectivity index (χ0) is 16.2. The minimum atomic E-state index is 0.980. The predicted octanol–water partition coefficient (Wildman–Crippen LogP) is 6.18. The van der Waals surface area contributed by atoms with Crippen LogP contribution in [-0.2, 0) is 6.42 Å². The van der Waals surface area contributed by atoms with Crippen LogP contribution >= 0.6 is 0 Å². The van der Waals surface area contributed by atoms with Crippen molar-refractivity contribution in [1.29, 1.82) is 0 Å². The standard InChI is InChI=1S/C19H21N.C2H6/c1-3-4-5-17-8-10-19(11-9-17)16(2)6-7-18-12-14-20-15-13-18;1-2/h4-5,8-15H,2-3,6-7H2,1H3;1-2H3/b5-4+;. The number of aromatic nitrogens is 1. The summed E-state index contributed by atoms with van der Waals surface area (Å²) in [4.78, 5) is 4.04. The van der Waals surface area contributed by atoms with E-state index in [0.717, 1.165) is 19.3 Å². The second kappa shape index (κ2) is 10.6. The maximum absolute atomic E-state index is 4.20. The van der Waals surface area contributed by atoms with Crippen molar-refractivity contribution in [3.05, 3.63) is 78.1 Å². The summed E-state index contributed by atoms with van der Waals surface area (Å²) in [7, 11) is 0. The summed E-state index contributed by atoms with van der Waals surface area (Å²) in [6.45, 7) is 10.3. The van der Waals surface area contributed by atoms with E-state index in [1.165, 1.54) is 22.3 Å². The average molecular weight is 293 g/mol. The molecule has 0 amide bonds. The highest BCUT2D eigenvalue weighted by Crippen LogP contribution is 2.19. The molecule has 0 aliphatic rings. The number of aryl methyl sites for hydroxylation is 1. The van der Waals surface area contributed by atoms with Crippen LogP contribution < -0.4 is 0 Å². The molecule has 0 N–H and O–H groups in total. The average Bonchev–Trinajstić information content (AvgIpc) is 2.61. The summed E-state index contributed by atoms with van der Waals surface area (Å²) in [6, 6.07) is 12.7. The first-order valence-corrected chi connectivity index (χ1v) is 8.13. The van der Waals surface area contributed by atoms with E-state index in [4.69, 9.17) is 0 Å². The molecule has 1 aromatic heterocycles. The number of pyridine rings is 1. The summed E-state index contributed by atoms with van der Waals surface area (Å²) in [5.74, 6) is 0. The maximum atomic E-state index is 4.20. The molecular formula is C21H27N. The molecule has 2 rings (SSSR count). The van der Waals surface area contributed by atoms with Gasteiger partial charge in [0.05, 0.1) is 0 Å². The van der Waals surface area contributed by atoms with Gasteiger partial charge in [-0.15, -0.1) is 0 Å². The lowest BCUT2D eigenvalue weighted by Crippen LogP contribution is -1.89. The molecule has 116 valence electrons. The number of hydrogen-bond donors (Lipinski definition) is 0. The lowest BCUT2D eigenvalue weighted by Gasteiger charge is -2.06. The van der Waals surface area contributed by atoms with E-state index in [0.29, 0.717) is 0 Å². The third-order valence-electron chi connectivity index (χ3n) is 3.33. The van der Waals surface area contributed by atoms with Crippen LogP contribution in [0.2, 0.25) is 0 Å². The third-order valence-corrected chi connectivity index (χ3v) is 3.33. The van der Waals surface area contributed by atoms with E-state index < -0.39 is 0 Å². The molecule has 0 unspecified atom stereocenters. The van der Waals surface area contributed by atoms with Gasteiger partial charge in [0, 0.05) is 12.4 Å². The summed E-state index contributed by atoms with van der Waals surface area (Å²) < 4.78 is 0. The van der Waals surface area contributed by atoms with Gasteiger partial charge in [0.25, 0.3) is 0 Å². The molecule has 0 saturated carbocycles. The van der Waals surface area contributed by atoms with Crippen molar-refractivity contribution in [2.24, 2.45) is 0 Å². The van der Waals surface area contributed by atoms with Crippen LogP contribution in [0.15, 0.2) is 61.4 Å². The lowest BCUT2D eigenvalue weighted by atomic mass is 9.99. The normalized spacial score (nSPS) is 10.1. The Kier molecular flexibility index (Phi) is 8.59. The van der Waals surface area contributed by atoms with Crippen molar-refractivity contribution in [3.63, 3.8) is 0 Å². The van der Waals surface area contributed by atoms with Gasteiger partial charge in [0.2, 0.25) is 0 Å². The third kappa shape index (κ3) is 6.09. The first-order chi connectivity index (χ1) is 10.8. The monoisotopic (exact) mass is 293 g/mol. The fourth-order valence-electron chi connectivity index (χ4n) is 2.07. The van der Waals surface area contributed by atoms with E-state index in [1.807, 2.05) is 26.2 Å². The predicted molar refractivity (Wildman–Crippen MR) is 98.7 cm³/mol. The van der Waals surface area contributed by atoms with Crippen LogP contribution in [0.3, 0.4) is 0 Å². The van der Waals surface area contributed by atoms with Crippen molar-refractivity contribution < 1.29 is 0 Å². The molecule has 0 aliphatic carbocycles. The summed E-state index contributed by atoms with van der Waals surface area (Å²) in [6.07, 6.45) is 11.1. The van der Waals surface area contributed by atoms with Gasteiger partial charge in [-0.2, -0.15) is 0 Å². The molecule has 0 fully saturated rings. The number of rotatable bonds is 6. The van der Waals surface area contributed by atoms with Gasteiger partial charge >= 0.3 is 0 Å². The molecule has 0 aliphatic heterocycles. The van der Waals surface area contributed by atoms with E-state index >= 15 is 0 Å². The van der Waals surface area contributed by atoms with Crippen LogP contribution in [0.25, 0.3) is 11.6 Å². The van der Waals surface area contributed by atoms with Gasteiger partial charge in [0.1, 0.15) is 0 Å². The van der Waals surface area contributed by atoms with Crippen LogP contribution in [0.5, 0.6) is 0 Å².